The van der Waals surface area contributed by atoms with Crippen molar-refractivity contribution >= 4 is 35.0 Å². The Kier molecular flexibility index (Phi) is 6.31. The Hall–Kier alpha value is -3.69. The van der Waals surface area contributed by atoms with Crippen molar-refractivity contribution in [2.45, 2.75) is 51.5 Å². The van der Waals surface area contributed by atoms with Crippen LogP contribution in [0, 0.1) is 0 Å². The number of alkyl halides is 3. The van der Waals surface area contributed by atoms with E-state index in [1.165, 1.54) is 0 Å². The van der Waals surface area contributed by atoms with Crippen LogP contribution in [-0.2, 0) is 39.5 Å². The quantitative estimate of drug-likeness (QED) is 0.439. The number of fused-ring (bicyclic) bond motifs is 1. The molecule has 0 aliphatic carbocycles. The Balaban J connectivity index is 2.23. The number of H-pyrrole nitrogens is 1. The second-order valence-corrected chi connectivity index (χ2v) is 6.94. The molecule has 1 saturated heterocycles. The van der Waals surface area contributed by atoms with E-state index in [9.17, 15) is 32.3 Å². The van der Waals surface area contributed by atoms with E-state index < -0.39 is 83.7 Å². The Morgan fingerprint density at radius 2 is 1.70 bits per heavy atom. The SMILES string of the molecule is CC(=O)OC[C@H]1O[C@@H](n2c(C(F)(F)F)nc3c(=O)[nH]c(N)nc32)C(OC(C)=O)C1OC(C)=O. The molecule has 3 N–H and O–H groups in total. The average Bonchev–Trinajstić information content (AvgIpc) is 3.18. The number of esters is 3. The van der Waals surface area contributed by atoms with Gasteiger partial charge in [-0.05, 0) is 0 Å². The van der Waals surface area contributed by atoms with Crippen LogP contribution >= 0.6 is 0 Å². The lowest BCUT2D eigenvalue weighted by atomic mass is 10.1. The molecular formula is C17H18F3N5O8. The van der Waals surface area contributed by atoms with Gasteiger partial charge in [0.1, 0.15) is 12.7 Å². The van der Waals surface area contributed by atoms with Gasteiger partial charge in [-0.1, -0.05) is 0 Å². The van der Waals surface area contributed by atoms with Gasteiger partial charge >= 0.3 is 24.1 Å². The van der Waals surface area contributed by atoms with E-state index in [1.54, 1.807) is 0 Å². The van der Waals surface area contributed by atoms with E-state index in [0.717, 1.165) is 20.8 Å². The highest BCUT2D eigenvalue weighted by atomic mass is 19.4. The van der Waals surface area contributed by atoms with Gasteiger partial charge in [0.05, 0.1) is 0 Å². The third-order valence-electron chi connectivity index (χ3n) is 4.42. The lowest BCUT2D eigenvalue weighted by molar-refractivity contribution is -0.168. The van der Waals surface area contributed by atoms with Gasteiger partial charge in [-0.3, -0.25) is 28.7 Å². The van der Waals surface area contributed by atoms with Gasteiger partial charge in [-0.25, -0.2) is 4.98 Å². The monoisotopic (exact) mass is 477 g/mol. The van der Waals surface area contributed by atoms with Crippen LogP contribution in [0.2, 0.25) is 0 Å². The lowest BCUT2D eigenvalue weighted by Gasteiger charge is -2.24. The molecule has 0 amide bonds. The molecule has 0 radical (unpaired) electrons. The fourth-order valence-electron chi connectivity index (χ4n) is 3.34. The van der Waals surface area contributed by atoms with E-state index in [2.05, 4.69) is 9.97 Å². The number of aromatic amines is 1. The topological polar surface area (TPSA) is 178 Å². The van der Waals surface area contributed by atoms with Crippen LogP contribution < -0.4 is 11.3 Å². The minimum Gasteiger partial charge on any atom is -0.463 e. The number of halogens is 3. The Bertz CT molecular complexity index is 1160. The van der Waals surface area contributed by atoms with Crippen LogP contribution in [0.25, 0.3) is 11.2 Å². The van der Waals surface area contributed by atoms with Crippen molar-refractivity contribution in [1.82, 2.24) is 19.5 Å². The summed E-state index contributed by atoms with van der Waals surface area (Å²) in [5.41, 5.74) is 3.09. The summed E-state index contributed by atoms with van der Waals surface area (Å²) in [7, 11) is 0. The van der Waals surface area contributed by atoms with Gasteiger partial charge in [-0.2, -0.15) is 18.2 Å². The minimum atomic E-state index is -5.11. The summed E-state index contributed by atoms with van der Waals surface area (Å²) >= 11 is 0. The first-order chi connectivity index (χ1) is 15.3. The molecular weight excluding hydrogens is 459 g/mol. The zero-order chi connectivity index (χ0) is 24.7. The molecule has 180 valence electrons. The number of nitrogen functional groups attached to an aromatic ring is 1. The number of imidazole rings is 1. The summed E-state index contributed by atoms with van der Waals surface area (Å²) in [5.74, 6) is -4.70. The maximum absolute atomic E-state index is 13.8. The fraction of sp³-hybridized carbons (Fsp3) is 0.529. The molecule has 1 aliphatic heterocycles. The van der Waals surface area contributed by atoms with Crippen molar-refractivity contribution in [2.24, 2.45) is 0 Å². The summed E-state index contributed by atoms with van der Waals surface area (Å²) < 4.78 is 62.6. The van der Waals surface area contributed by atoms with Crippen LogP contribution in [0.15, 0.2) is 4.79 Å². The van der Waals surface area contributed by atoms with Crippen LogP contribution in [0.1, 0.15) is 32.8 Å². The first-order valence-electron chi connectivity index (χ1n) is 9.27. The highest BCUT2D eigenvalue weighted by molar-refractivity contribution is 5.72. The molecule has 33 heavy (non-hydrogen) atoms. The van der Waals surface area contributed by atoms with Gasteiger partial charge in [0.25, 0.3) is 5.56 Å². The highest BCUT2D eigenvalue weighted by Gasteiger charge is 2.53. The molecule has 13 nitrogen and oxygen atoms in total. The van der Waals surface area contributed by atoms with Crippen molar-refractivity contribution in [3.63, 3.8) is 0 Å². The predicted molar refractivity (Wildman–Crippen MR) is 99.2 cm³/mol. The molecule has 4 atom stereocenters. The summed E-state index contributed by atoms with van der Waals surface area (Å²) in [5, 5.41) is 0. The maximum atomic E-state index is 13.8. The fourth-order valence-corrected chi connectivity index (χ4v) is 3.34. The maximum Gasteiger partial charge on any atom is 0.449 e. The largest absolute Gasteiger partial charge is 0.463 e. The molecule has 0 bridgehead atoms. The number of hydrogen-bond acceptors (Lipinski definition) is 11. The van der Waals surface area contributed by atoms with Crippen LogP contribution in [-0.4, -0.2) is 62.3 Å². The smallest absolute Gasteiger partial charge is 0.449 e. The Labute approximate surface area is 182 Å². The third-order valence-corrected chi connectivity index (χ3v) is 4.42. The molecule has 2 aromatic heterocycles. The number of aromatic nitrogens is 4. The third kappa shape index (κ3) is 4.89. The molecule has 2 unspecified atom stereocenters. The molecule has 16 heteroatoms. The summed E-state index contributed by atoms with van der Waals surface area (Å²) in [4.78, 5) is 55.8. The molecule has 0 spiro atoms. The number of rotatable bonds is 5. The zero-order valence-corrected chi connectivity index (χ0v) is 17.3. The molecule has 0 saturated carbocycles. The van der Waals surface area contributed by atoms with Crippen LogP contribution in [0.4, 0.5) is 19.1 Å². The minimum absolute atomic E-state index is 0.374. The summed E-state index contributed by atoms with van der Waals surface area (Å²) in [6.07, 6.45) is -11.4. The molecule has 1 fully saturated rings. The van der Waals surface area contributed by atoms with Crippen molar-refractivity contribution in [3.05, 3.63) is 16.2 Å². The van der Waals surface area contributed by atoms with Crippen molar-refractivity contribution < 1.29 is 46.5 Å². The second-order valence-electron chi connectivity index (χ2n) is 6.94. The van der Waals surface area contributed by atoms with Gasteiger partial charge < -0.3 is 24.7 Å². The van der Waals surface area contributed by atoms with Gasteiger partial charge in [-0.15, -0.1) is 0 Å². The second kappa shape index (κ2) is 8.68. The lowest BCUT2D eigenvalue weighted by Crippen LogP contribution is -2.41. The van der Waals surface area contributed by atoms with Crippen molar-refractivity contribution in [1.29, 1.82) is 0 Å². The summed E-state index contributed by atoms with van der Waals surface area (Å²) in [6, 6.07) is 0. The van der Waals surface area contributed by atoms with Crippen molar-refractivity contribution in [2.75, 3.05) is 12.3 Å². The van der Waals surface area contributed by atoms with Gasteiger partial charge in [0.15, 0.2) is 29.6 Å². The number of carbonyl (C=O) groups excluding carboxylic acids is 3. The summed E-state index contributed by atoms with van der Waals surface area (Å²) in [6.45, 7) is 2.50. The number of anilines is 1. The Morgan fingerprint density at radius 3 is 2.24 bits per heavy atom. The standard InChI is InChI=1S/C17H18F3N5O8/c1-5(26)30-4-8-10(31-6(2)27)11(32-7(3)28)14(33-8)25-12-9(13(29)24-16(21)23-12)22-15(25)17(18,19)20/h8,10-11,14H,4H2,1-3H3,(H3,21,23,24,29)/t8-,10?,11?,14-/m1/s1. The molecule has 1 aliphatic rings. The predicted octanol–water partition coefficient (Wildman–Crippen LogP) is 0.0445. The van der Waals surface area contributed by atoms with E-state index in [1.807, 2.05) is 4.98 Å². The zero-order valence-electron chi connectivity index (χ0n) is 17.3. The van der Waals surface area contributed by atoms with E-state index >= 15 is 0 Å². The van der Waals surface area contributed by atoms with E-state index in [4.69, 9.17) is 24.7 Å². The number of carbonyl (C=O) groups is 3. The van der Waals surface area contributed by atoms with E-state index in [-0.39, 0.29) is 0 Å². The van der Waals surface area contributed by atoms with Crippen LogP contribution in [0.3, 0.4) is 0 Å². The number of nitrogens with one attached hydrogen (secondary N) is 1. The molecule has 2 aromatic rings. The number of nitrogens with zero attached hydrogens (tertiary/aromatic N) is 3. The molecule has 3 heterocycles. The first kappa shape index (κ1) is 24.0. The highest BCUT2D eigenvalue weighted by Crippen LogP contribution is 2.40. The van der Waals surface area contributed by atoms with Crippen molar-refractivity contribution in [3.8, 4) is 0 Å². The number of ether oxygens (including phenoxy) is 4. The van der Waals surface area contributed by atoms with Crippen LogP contribution in [0.5, 0.6) is 0 Å². The Morgan fingerprint density at radius 1 is 1.09 bits per heavy atom. The van der Waals surface area contributed by atoms with Gasteiger partial charge in [0, 0.05) is 20.8 Å². The average molecular weight is 477 g/mol. The normalized spacial score (nSPS) is 22.8. The number of hydrogen-bond donors (Lipinski definition) is 2. The number of nitrogens with two attached hydrogens (primary N) is 1. The molecule has 0 aromatic carbocycles. The van der Waals surface area contributed by atoms with E-state index in [0.29, 0.717) is 4.57 Å². The molecule has 3 rings (SSSR count). The van der Waals surface area contributed by atoms with Gasteiger partial charge in [0.2, 0.25) is 11.8 Å². The first-order valence-corrected chi connectivity index (χ1v) is 9.27.